The first kappa shape index (κ1) is 18.0. The molecular weight excluding hydrogens is 400 g/mol. The van der Waals surface area contributed by atoms with Crippen molar-refractivity contribution in [1.82, 2.24) is 0 Å². The third kappa shape index (κ3) is 4.07. The van der Waals surface area contributed by atoms with E-state index in [1.807, 2.05) is 55.5 Å². The quantitative estimate of drug-likeness (QED) is 0.702. The fourth-order valence-corrected chi connectivity index (χ4v) is 3.96. The number of halogens is 1. The van der Waals surface area contributed by atoms with Crippen molar-refractivity contribution >= 4 is 44.5 Å². The number of hydrogen-bond acceptors (Lipinski definition) is 4. The maximum Gasteiger partial charge on any atom is 0.265 e. The van der Waals surface area contributed by atoms with E-state index >= 15 is 0 Å². The lowest BCUT2D eigenvalue weighted by Crippen LogP contribution is -2.37. The monoisotopic (exact) mass is 418 g/mol. The van der Waals surface area contributed by atoms with Gasteiger partial charge in [0.1, 0.15) is 5.75 Å². The van der Waals surface area contributed by atoms with Gasteiger partial charge in [-0.05, 0) is 53.5 Å². The summed E-state index contributed by atoms with van der Waals surface area (Å²) < 4.78 is 6.52. The molecule has 0 spiro atoms. The van der Waals surface area contributed by atoms with E-state index in [-0.39, 0.29) is 5.91 Å². The van der Waals surface area contributed by atoms with Crippen molar-refractivity contribution in [2.75, 3.05) is 23.8 Å². The third-order valence-corrected chi connectivity index (χ3v) is 5.44. The molecule has 3 rings (SSSR count). The first-order chi connectivity index (χ1) is 12.2. The number of nitrogens with zero attached hydrogens (tertiary/aromatic N) is 2. The molecule has 1 aliphatic rings. The Kier molecular flexibility index (Phi) is 6.15. The lowest BCUT2D eigenvalue weighted by atomic mass is 10.2. The van der Waals surface area contributed by atoms with Gasteiger partial charge in [0.2, 0.25) is 0 Å². The average molecular weight is 419 g/mol. The van der Waals surface area contributed by atoms with E-state index in [0.717, 1.165) is 34.0 Å². The first-order valence-corrected chi connectivity index (χ1v) is 9.98. The van der Waals surface area contributed by atoms with Crippen molar-refractivity contribution in [2.24, 2.45) is 4.99 Å². The molecule has 0 N–H and O–H groups in total. The molecule has 0 aromatic heterocycles. The highest BCUT2D eigenvalue weighted by Crippen LogP contribution is 2.33. The Morgan fingerprint density at radius 2 is 2.00 bits per heavy atom. The van der Waals surface area contributed by atoms with Crippen LogP contribution in [0.15, 0.2) is 58.0 Å². The van der Waals surface area contributed by atoms with Gasteiger partial charge in [-0.1, -0.05) is 36.0 Å². The van der Waals surface area contributed by atoms with E-state index in [0.29, 0.717) is 17.9 Å². The van der Waals surface area contributed by atoms with Crippen molar-refractivity contribution in [2.45, 2.75) is 13.3 Å². The number of hydrogen-bond donors (Lipinski definition) is 0. The van der Waals surface area contributed by atoms with Gasteiger partial charge in [0.15, 0.2) is 5.17 Å². The topological polar surface area (TPSA) is 41.9 Å². The predicted molar refractivity (Wildman–Crippen MR) is 108 cm³/mol. The number of carbonyl (C=O) groups excluding carboxylic acids is 1. The number of carbonyl (C=O) groups is 1. The maximum atomic E-state index is 13.4. The van der Waals surface area contributed by atoms with E-state index in [9.17, 15) is 4.79 Å². The van der Waals surface area contributed by atoms with Crippen LogP contribution in [0.1, 0.15) is 23.7 Å². The van der Waals surface area contributed by atoms with Crippen molar-refractivity contribution in [3.8, 4) is 5.75 Å². The summed E-state index contributed by atoms with van der Waals surface area (Å²) in [4.78, 5) is 19.6. The molecule has 1 heterocycles. The summed E-state index contributed by atoms with van der Waals surface area (Å²) in [7, 11) is 0. The minimum atomic E-state index is -0.118. The lowest BCUT2D eigenvalue weighted by molar-refractivity contribution is 0.100. The van der Waals surface area contributed by atoms with Gasteiger partial charge in [0.25, 0.3) is 5.91 Å². The number of anilines is 1. The molecule has 0 radical (unpaired) electrons. The zero-order valence-electron chi connectivity index (χ0n) is 13.9. The molecule has 1 amide bonds. The van der Waals surface area contributed by atoms with Gasteiger partial charge in [-0.2, -0.15) is 0 Å². The summed E-state index contributed by atoms with van der Waals surface area (Å²) in [6.07, 6.45) is 1.03. The van der Waals surface area contributed by atoms with Crippen LogP contribution in [0.4, 0.5) is 5.69 Å². The standard InChI is InChI=1S/C19H19BrN2O2S/c1-2-24-17-11-6-5-10-16(17)22(19-21-12-7-13-25-19)18(23)14-8-3-4-9-15(14)20/h3-6,8-11H,2,7,12-13H2,1H3. The zero-order valence-corrected chi connectivity index (χ0v) is 16.3. The number of rotatable bonds is 4. The van der Waals surface area contributed by atoms with Gasteiger partial charge in [-0.15, -0.1) is 0 Å². The van der Waals surface area contributed by atoms with Gasteiger partial charge in [0.05, 0.1) is 17.9 Å². The van der Waals surface area contributed by atoms with E-state index in [2.05, 4.69) is 20.9 Å². The van der Waals surface area contributed by atoms with Crippen LogP contribution in [0.2, 0.25) is 0 Å². The van der Waals surface area contributed by atoms with Crippen LogP contribution in [-0.4, -0.2) is 30.0 Å². The highest BCUT2D eigenvalue weighted by Gasteiger charge is 2.28. The lowest BCUT2D eigenvalue weighted by Gasteiger charge is -2.27. The van der Waals surface area contributed by atoms with Crippen LogP contribution < -0.4 is 9.64 Å². The smallest absolute Gasteiger partial charge is 0.265 e. The van der Waals surface area contributed by atoms with E-state index in [1.165, 1.54) is 0 Å². The van der Waals surface area contributed by atoms with E-state index in [4.69, 9.17) is 4.74 Å². The van der Waals surface area contributed by atoms with Crippen LogP contribution in [-0.2, 0) is 0 Å². The van der Waals surface area contributed by atoms with Gasteiger partial charge in [-0.3, -0.25) is 14.7 Å². The number of para-hydroxylation sites is 2. The number of aliphatic imine (C=N–C) groups is 1. The molecule has 130 valence electrons. The molecule has 0 saturated carbocycles. The van der Waals surface area contributed by atoms with Crippen LogP contribution in [0.25, 0.3) is 0 Å². The number of ether oxygens (including phenoxy) is 1. The van der Waals surface area contributed by atoms with E-state index in [1.54, 1.807) is 16.7 Å². The summed E-state index contributed by atoms with van der Waals surface area (Å²) in [6, 6.07) is 15.0. The van der Waals surface area contributed by atoms with Crippen molar-refractivity contribution < 1.29 is 9.53 Å². The molecular formula is C19H19BrN2O2S. The molecule has 6 heteroatoms. The summed E-state index contributed by atoms with van der Waals surface area (Å²) in [6.45, 7) is 3.20. The summed E-state index contributed by atoms with van der Waals surface area (Å²) in [5.41, 5.74) is 1.32. The molecule has 0 fully saturated rings. The van der Waals surface area contributed by atoms with Crippen LogP contribution in [0.5, 0.6) is 5.75 Å². The second kappa shape index (κ2) is 8.54. The Hall–Kier alpha value is -1.79. The van der Waals surface area contributed by atoms with Crippen LogP contribution >= 0.6 is 27.7 Å². The molecule has 25 heavy (non-hydrogen) atoms. The third-order valence-electron chi connectivity index (χ3n) is 3.69. The molecule has 0 unspecified atom stereocenters. The molecule has 0 atom stereocenters. The first-order valence-electron chi connectivity index (χ1n) is 8.20. The van der Waals surface area contributed by atoms with E-state index < -0.39 is 0 Å². The average Bonchev–Trinajstić information content (AvgIpc) is 2.65. The number of benzene rings is 2. The van der Waals surface area contributed by atoms with Crippen molar-refractivity contribution in [3.63, 3.8) is 0 Å². The van der Waals surface area contributed by atoms with Gasteiger partial charge < -0.3 is 4.74 Å². The van der Waals surface area contributed by atoms with Gasteiger partial charge in [-0.25, -0.2) is 0 Å². The fourth-order valence-electron chi connectivity index (χ4n) is 2.56. The Morgan fingerprint density at radius 1 is 1.24 bits per heavy atom. The molecule has 2 aromatic carbocycles. The van der Waals surface area contributed by atoms with Crippen LogP contribution in [0, 0.1) is 0 Å². The molecule has 0 saturated heterocycles. The Bertz CT molecular complexity index is 794. The second-order valence-corrected chi connectivity index (χ2v) is 7.30. The number of amides is 1. The SMILES string of the molecule is CCOc1ccccc1N(C(=O)c1ccccc1Br)C1=NCCCS1. The number of thioether (sulfide) groups is 1. The predicted octanol–water partition coefficient (Wildman–Crippen LogP) is 4.99. The minimum Gasteiger partial charge on any atom is -0.492 e. The summed E-state index contributed by atoms with van der Waals surface area (Å²) in [5.74, 6) is 1.52. The summed E-state index contributed by atoms with van der Waals surface area (Å²) >= 11 is 5.09. The zero-order chi connectivity index (χ0) is 17.6. The molecule has 0 aliphatic carbocycles. The maximum absolute atomic E-state index is 13.4. The molecule has 1 aliphatic heterocycles. The Balaban J connectivity index is 2.09. The van der Waals surface area contributed by atoms with Crippen LogP contribution in [0.3, 0.4) is 0 Å². The Labute approximate surface area is 160 Å². The fraction of sp³-hybridized carbons (Fsp3) is 0.263. The largest absolute Gasteiger partial charge is 0.492 e. The minimum absolute atomic E-state index is 0.118. The second-order valence-electron chi connectivity index (χ2n) is 5.39. The molecule has 4 nitrogen and oxygen atoms in total. The highest BCUT2D eigenvalue weighted by molar-refractivity contribution is 9.10. The Morgan fingerprint density at radius 3 is 2.72 bits per heavy atom. The number of amidine groups is 1. The van der Waals surface area contributed by atoms with Gasteiger partial charge >= 0.3 is 0 Å². The van der Waals surface area contributed by atoms with Crippen molar-refractivity contribution in [3.05, 3.63) is 58.6 Å². The highest BCUT2D eigenvalue weighted by atomic mass is 79.9. The van der Waals surface area contributed by atoms with Gasteiger partial charge in [0, 0.05) is 16.8 Å². The molecule has 2 aromatic rings. The summed E-state index contributed by atoms with van der Waals surface area (Å²) in [5, 5.41) is 0.721. The molecule has 0 bridgehead atoms. The van der Waals surface area contributed by atoms with Crippen molar-refractivity contribution in [1.29, 1.82) is 0 Å². The normalized spacial score (nSPS) is 13.9.